The van der Waals surface area contributed by atoms with E-state index in [0.29, 0.717) is 0 Å². The molecule has 0 radical (unpaired) electrons. The molecule has 0 aliphatic carbocycles. The zero-order valence-corrected chi connectivity index (χ0v) is 30.5. The molecular formula is C53H37NO. The third kappa shape index (κ3) is 6.04. The molecule has 2 heteroatoms. The van der Waals surface area contributed by atoms with Crippen molar-refractivity contribution < 1.29 is 4.42 Å². The lowest BCUT2D eigenvalue weighted by Crippen LogP contribution is -2.09. The quantitative estimate of drug-likeness (QED) is 0.164. The number of furan rings is 1. The van der Waals surface area contributed by atoms with E-state index in [2.05, 4.69) is 206 Å². The van der Waals surface area contributed by atoms with Crippen LogP contribution in [-0.4, -0.2) is 0 Å². The maximum atomic E-state index is 6.39. The van der Waals surface area contributed by atoms with Crippen LogP contribution in [0.5, 0.6) is 0 Å². The van der Waals surface area contributed by atoms with Crippen LogP contribution in [0.2, 0.25) is 0 Å². The Morgan fingerprint density at radius 3 is 1.51 bits per heavy atom. The third-order valence-electron chi connectivity index (χ3n) is 10.8. The summed E-state index contributed by atoms with van der Waals surface area (Å²) in [5.41, 5.74) is 15.8. The van der Waals surface area contributed by atoms with Crippen LogP contribution >= 0.6 is 0 Å². The van der Waals surface area contributed by atoms with E-state index in [-0.39, 0.29) is 0 Å². The smallest absolute Gasteiger partial charge is 0.143 e. The number of para-hydroxylation sites is 2. The fraction of sp³-hybridized carbons (Fsp3) is 0.0189. The van der Waals surface area contributed by atoms with Crippen LogP contribution in [0.25, 0.3) is 77.2 Å². The average molecular weight is 704 g/mol. The maximum Gasteiger partial charge on any atom is 0.143 e. The second-order valence-corrected chi connectivity index (χ2v) is 14.2. The van der Waals surface area contributed by atoms with Crippen molar-refractivity contribution in [1.82, 2.24) is 0 Å². The van der Waals surface area contributed by atoms with Gasteiger partial charge in [0.1, 0.15) is 11.2 Å². The first kappa shape index (κ1) is 32.5. The van der Waals surface area contributed by atoms with E-state index in [1.54, 1.807) is 0 Å². The highest BCUT2D eigenvalue weighted by molar-refractivity contribution is 6.09. The minimum Gasteiger partial charge on any atom is -0.455 e. The summed E-state index contributed by atoms with van der Waals surface area (Å²) >= 11 is 0. The number of fused-ring (bicyclic) bond motifs is 4. The SMILES string of the molecule is Cc1ccc2c(-c3ccc(-c4ccc(N(c5ccc(-c6ccccc6)cc5)c5ccc(-c6cccc7c6oc6ccccc67)cc5)cc4)cc3)cccc2c1. The summed E-state index contributed by atoms with van der Waals surface area (Å²) < 4.78 is 6.39. The van der Waals surface area contributed by atoms with Crippen LogP contribution in [0, 0.1) is 6.92 Å². The first-order valence-electron chi connectivity index (χ1n) is 18.8. The normalized spacial score (nSPS) is 11.4. The highest BCUT2D eigenvalue weighted by atomic mass is 16.3. The van der Waals surface area contributed by atoms with Gasteiger partial charge in [-0.15, -0.1) is 0 Å². The van der Waals surface area contributed by atoms with Crippen molar-refractivity contribution in [2.45, 2.75) is 6.92 Å². The van der Waals surface area contributed by atoms with E-state index in [1.807, 2.05) is 12.1 Å². The lowest BCUT2D eigenvalue weighted by molar-refractivity contribution is 0.670. The molecule has 2 nitrogen and oxygen atoms in total. The van der Waals surface area contributed by atoms with Gasteiger partial charge in [-0.2, -0.15) is 0 Å². The fourth-order valence-corrected chi connectivity index (χ4v) is 7.95. The van der Waals surface area contributed by atoms with E-state index in [1.165, 1.54) is 49.7 Å². The maximum absolute atomic E-state index is 6.39. The number of anilines is 3. The van der Waals surface area contributed by atoms with E-state index in [4.69, 9.17) is 4.42 Å². The van der Waals surface area contributed by atoms with Crippen molar-refractivity contribution in [3.05, 3.63) is 212 Å². The van der Waals surface area contributed by atoms with Gasteiger partial charge in [0.25, 0.3) is 0 Å². The number of nitrogens with zero attached hydrogens (tertiary/aromatic N) is 1. The molecule has 0 amide bonds. The van der Waals surface area contributed by atoms with Crippen molar-refractivity contribution in [2.75, 3.05) is 4.90 Å². The molecule has 0 bridgehead atoms. The topological polar surface area (TPSA) is 16.4 Å². The third-order valence-corrected chi connectivity index (χ3v) is 10.8. The largest absolute Gasteiger partial charge is 0.455 e. The highest BCUT2D eigenvalue weighted by Crippen LogP contribution is 2.40. The first-order chi connectivity index (χ1) is 27.2. The molecule has 0 aliphatic heterocycles. The Bertz CT molecular complexity index is 2940. The average Bonchev–Trinajstić information content (AvgIpc) is 3.64. The van der Waals surface area contributed by atoms with E-state index < -0.39 is 0 Å². The first-order valence-corrected chi connectivity index (χ1v) is 18.8. The molecule has 9 aromatic carbocycles. The lowest BCUT2D eigenvalue weighted by Gasteiger charge is -2.26. The molecule has 0 atom stereocenters. The predicted molar refractivity (Wildman–Crippen MR) is 232 cm³/mol. The number of rotatable bonds is 7. The Morgan fingerprint density at radius 2 is 0.836 bits per heavy atom. The van der Waals surface area contributed by atoms with E-state index in [9.17, 15) is 0 Å². The molecule has 0 saturated heterocycles. The lowest BCUT2D eigenvalue weighted by atomic mass is 9.95. The van der Waals surface area contributed by atoms with Gasteiger partial charge in [0.05, 0.1) is 0 Å². The second-order valence-electron chi connectivity index (χ2n) is 14.2. The summed E-state index contributed by atoms with van der Waals surface area (Å²) in [6.45, 7) is 2.15. The van der Waals surface area contributed by atoms with Gasteiger partial charge in [-0.1, -0.05) is 169 Å². The van der Waals surface area contributed by atoms with Crippen molar-refractivity contribution in [2.24, 2.45) is 0 Å². The van der Waals surface area contributed by atoms with Crippen LogP contribution in [0.15, 0.2) is 211 Å². The number of hydrogen-bond donors (Lipinski definition) is 0. The molecule has 1 heterocycles. The molecule has 0 unspecified atom stereocenters. The monoisotopic (exact) mass is 703 g/mol. The number of aryl methyl sites for hydroxylation is 1. The summed E-state index contributed by atoms with van der Waals surface area (Å²) in [6, 6.07) is 74.0. The Balaban J connectivity index is 0.994. The Morgan fingerprint density at radius 1 is 0.345 bits per heavy atom. The van der Waals surface area contributed by atoms with Crippen LogP contribution in [0.1, 0.15) is 5.56 Å². The Kier molecular flexibility index (Phi) is 8.08. The summed E-state index contributed by atoms with van der Waals surface area (Å²) in [7, 11) is 0. The molecule has 0 N–H and O–H groups in total. The zero-order valence-electron chi connectivity index (χ0n) is 30.5. The van der Waals surface area contributed by atoms with Gasteiger partial charge in [-0.05, 0) is 99.1 Å². The Hall–Kier alpha value is -7.16. The summed E-state index contributed by atoms with van der Waals surface area (Å²) in [6.07, 6.45) is 0. The van der Waals surface area contributed by atoms with Crippen molar-refractivity contribution in [1.29, 1.82) is 0 Å². The van der Waals surface area contributed by atoms with Gasteiger partial charge in [-0.25, -0.2) is 0 Å². The highest BCUT2D eigenvalue weighted by Gasteiger charge is 2.16. The molecule has 10 aromatic rings. The van der Waals surface area contributed by atoms with E-state index in [0.717, 1.165) is 50.1 Å². The van der Waals surface area contributed by atoms with Crippen molar-refractivity contribution >= 4 is 49.8 Å². The van der Waals surface area contributed by atoms with Crippen LogP contribution in [-0.2, 0) is 0 Å². The molecule has 0 fully saturated rings. The van der Waals surface area contributed by atoms with Crippen LogP contribution < -0.4 is 4.90 Å². The number of benzene rings is 9. The van der Waals surface area contributed by atoms with Gasteiger partial charge in [-0.3, -0.25) is 0 Å². The van der Waals surface area contributed by atoms with Gasteiger partial charge < -0.3 is 9.32 Å². The molecule has 0 aliphatic rings. The van der Waals surface area contributed by atoms with Crippen molar-refractivity contribution in [3.8, 4) is 44.5 Å². The summed E-state index contributed by atoms with van der Waals surface area (Å²) in [5.74, 6) is 0. The Labute approximate surface area is 321 Å². The molecule has 0 saturated carbocycles. The number of hydrogen-bond acceptors (Lipinski definition) is 2. The van der Waals surface area contributed by atoms with Crippen LogP contribution in [0.3, 0.4) is 0 Å². The minimum absolute atomic E-state index is 0.908. The molecule has 260 valence electrons. The molecule has 55 heavy (non-hydrogen) atoms. The fourth-order valence-electron chi connectivity index (χ4n) is 7.95. The van der Waals surface area contributed by atoms with Gasteiger partial charge in [0.2, 0.25) is 0 Å². The predicted octanol–water partition coefficient (Wildman–Crippen LogP) is 15.2. The van der Waals surface area contributed by atoms with Gasteiger partial charge >= 0.3 is 0 Å². The summed E-state index contributed by atoms with van der Waals surface area (Å²) in [4.78, 5) is 2.33. The van der Waals surface area contributed by atoms with Crippen LogP contribution in [0.4, 0.5) is 17.1 Å². The van der Waals surface area contributed by atoms with Gasteiger partial charge in [0, 0.05) is 33.4 Å². The molecule has 10 rings (SSSR count). The molecule has 0 spiro atoms. The summed E-state index contributed by atoms with van der Waals surface area (Å²) in [5, 5.41) is 4.83. The molecule has 1 aromatic heterocycles. The second kappa shape index (κ2) is 13.7. The zero-order chi connectivity index (χ0) is 36.7. The van der Waals surface area contributed by atoms with Crippen molar-refractivity contribution in [3.63, 3.8) is 0 Å². The minimum atomic E-state index is 0.908. The van der Waals surface area contributed by atoms with E-state index >= 15 is 0 Å². The standard InChI is InChI=1S/C53H37NO/c1-36-17-34-48-43(35-36)11-7-13-47(48)41-20-18-38(19-21-41)40-24-30-45(31-25-40)54(44-28-22-39(23-29-44)37-9-3-2-4-10-37)46-32-26-42(27-33-46)49-14-8-15-51-50-12-5-6-16-52(50)55-53(49)51/h2-35H,1H3. The molecular weight excluding hydrogens is 667 g/mol. The van der Waals surface area contributed by atoms with Gasteiger partial charge in [0.15, 0.2) is 0 Å².